The molecule has 0 saturated heterocycles. The second-order valence-corrected chi connectivity index (χ2v) is 5.96. The van der Waals surface area contributed by atoms with Crippen molar-refractivity contribution in [2.24, 2.45) is 5.73 Å². The monoisotopic (exact) mass is 353 g/mol. The highest BCUT2D eigenvalue weighted by molar-refractivity contribution is 9.10. The van der Waals surface area contributed by atoms with Crippen molar-refractivity contribution in [2.75, 3.05) is 0 Å². The molecular weight excluding hydrogens is 348 g/mol. The fourth-order valence-electron chi connectivity index (χ4n) is 1.45. The van der Waals surface area contributed by atoms with Crippen molar-refractivity contribution < 1.29 is 4.39 Å². The van der Waals surface area contributed by atoms with Crippen LogP contribution in [0, 0.1) is 5.82 Å². The average Bonchev–Trinajstić information content (AvgIpc) is 2.72. The zero-order valence-electron chi connectivity index (χ0n) is 8.38. The topological polar surface area (TPSA) is 26.0 Å². The van der Waals surface area contributed by atoms with Crippen molar-refractivity contribution in [3.63, 3.8) is 0 Å². The number of benzene rings is 1. The summed E-state index contributed by atoms with van der Waals surface area (Å²) in [5.41, 5.74) is 6.33. The molecular formula is C11H7BrCl2FNS. The van der Waals surface area contributed by atoms with E-state index in [0.29, 0.717) is 15.1 Å². The van der Waals surface area contributed by atoms with Crippen molar-refractivity contribution in [3.8, 4) is 0 Å². The van der Waals surface area contributed by atoms with E-state index in [4.69, 9.17) is 28.9 Å². The molecule has 0 saturated carbocycles. The van der Waals surface area contributed by atoms with Crippen LogP contribution in [0.3, 0.4) is 0 Å². The number of rotatable bonds is 2. The average molecular weight is 355 g/mol. The molecule has 0 aliphatic heterocycles. The molecule has 17 heavy (non-hydrogen) atoms. The van der Waals surface area contributed by atoms with E-state index < -0.39 is 11.9 Å². The van der Waals surface area contributed by atoms with Crippen LogP contribution >= 0.6 is 50.5 Å². The van der Waals surface area contributed by atoms with Crippen LogP contribution in [0.25, 0.3) is 0 Å². The Labute approximate surface area is 120 Å². The first-order valence-corrected chi connectivity index (χ1v) is 7.07. The van der Waals surface area contributed by atoms with E-state index >= 15 is 0 Å². The van der Waals surface area contributed by atoms with Crippen molar-refractivity contribution in [3.05, 3.63) is 54.4 Å². The fraction of sp³-hybridized carbons (Fsp3) is 0.0909. The van der Waals surface area contributed by atoms with Crippen molar-refractivity contribution in [2.45, 2.75) is 6.04 Å². The summed E-state index contributed by atoms with van der Waals surface area (Å²) in [6.45, 7) is 0. The van der Waals surface area contributed by atoms with Crippen molar-refractivity contribution >= 4 is 50.5 Å². The molecule has 1 unspecified atom stereocenters. The molecule has 2 N–H and O–H groups in total. The first kappa shape index (κ1) is 13.3. The Kier molecular flexibility index (Phi) is 4.10. The quantitative estimate of drug-likeness (QED) is 0.754. The van der Waals surface area contributed by atoms with E-state index in [1.165, 1.54) is 11.3 Å². The fourth-order valence-corrected chi connectivity index (χ4v) is 3.12. The smallest absolute Gasteiger partial charge is 0.148 e. The predicted molar refractivity (Wildman–Crippen MR) is 74.5 cm³/mol. The minimum absolute atomic E-state index is 0.0330. The predicted octanol–water partition coefficient (Wildman–Crippen LogP) is 5.00. The van der Waals surface area contributed by atoms with Gasteiger partial charge in [-0.3, -0.25) is 0 Å². The zero-order chi connectivity index (χ0) is 12.6. The minimum Gasteiger partial charge on any atom is -0.319 e. The summed E-state index contributed by atoms with van der Waals surface area (Å²) in [6.07, 6.45) is 0. The molecule has 0 radical (unpaired) electrons. The van der Waals surface area contributed by atoms with Crippen LogP contribution in [0.5, 0.6) is 0 Å². The number of hydrogen-bond acceptors (Lipinski definition) is 2. The van der Waals surface area contributed by atoms with Gasteiger partial charge in [0.15, 0.2) is 0 Å². The molecule has 90 valence electrons. The van der Waals surface area contributed by atoms with Crippen LogP contribution in [-0.4, -0.2) is 0 Å². The van der Waals surface area contributed by atoms with Crippen LogP contribution in [-0.2, 0) is 0 Å². The minimum atomic E-state index is -0.604. The third kappa shape index (κ3) is 2.51. The molecule has 1 heterocycles. The number of nitrogens with two attached hydrogens (primary N) is 1. The summed E-state index contributed by atoms with van der Waals surface area (Å²) >= 11 is 16.3. The maximum absolute atomic E-state index is 14.0. The van der Waals surface area contributed by atoms with Gasteiger partial charge < -0.3 is 5.73 Å². The molecule has 0 fully saturated rings. The Balaban J connectivity index is 2.48. The first-order chi connectivity index (χ1) is 8.02. The van der Waals surface area contributed by atoms with Crippen LogP contribution in [0.2, 0.25) is 10.0 Å². The van der Waals surface area contributed by atoms with Gasteiger partial charge in [-0.15, -0.1) is 11.3 Å². The number of halogens is 4. The molecule has 1 nitrogen and oxygen atoms in total. The summed E-state index contributed by atoms with van der Waals surface area (Å²) in [5, 5.41) is 2.39. The summed E-state index contributed by atoms with van der Waals surface area (Å²) in [6, 6.07) is 4.40. The standard InChI is InChI=1S/C11H7BrCl2FNS/c12-6-2-1-5(9(15)8(6)14)10(16)11-7(13)3-4-17-11/h1-4,10H,16H2. The largest absolute Gasteiger partial charge is 0.319 e. The Morgan fingerprint density at radius 3 is 2.59 bits per heavy atom. The third-order valence-corrected chi connectivity index (χ3v) is 5.03. The van der Waals surface area contributed by atoms with E-state index in [-0.39, 0.29) is 5.02 Å². The highest BCUT2D eigenvalue weighted by atomic mass is 79.9. The lowest BCUT2D eigenvalue weighted by atomic mass is 10.1. The Morgan fingerprint density at radius 2 is 2.00 bits per heavy atom. The summed E-state index contributed by atoms with van der Waals surface area (Å²) < 4.78 is 14.5. The molecule has 0 spiro atoms. The summed E-state index contributed by atoms with van der Waals surface area (Å²) in [4.78, 5) is 0.726. The summed E-state index contributed by atoms with van der Waals surface area (Å²) in [7, 11) is 0. The van der Waals surface area contributed by atoms with Crippen LogP contribution in [0.4, 0.5) is 4.39 Å². The van der Waals surface area contributed by atoms with Gasteiger partial charge in [-0.1, -0.05) is 29.3 Å². The number of hydrogen-bond donors (Lipinski definition) is 1. The number of thiophene rings is 1. The van der Waals surface area contributed by atoms with Gasteiger partial charge in [0.05, 0.1) is 16.1 Å². The Morgan fingerprint density at radius 1 is 1.29 bits per heavy atom. The lowest BCUT2D eigenvalue weighted by Crippen LogP contribution is -2.13. The van der Waals surface area contributed by atoms with E-state index in [9.17, 15) is 4.39 Å². The summed E-state index contributed by atoms with van der Waals surface area (Å²) in [5.74, 6) is -0.516. The van der Waals surface area contributed by atoms with E-state index in [0.717, 1.165) is 4.88 Å². The molecule has 0 aliphatic rings. The van der Waals surface area contributed by atoms with Crippen LogP contribution in [0.1, 0.15) is 16.5 Å². The maximum atomic E-state index is 14.0. The molecule has 6 heteroatoms. The van der Waals surface area contributed by atoms with E-state index in [1.54, 1.807) is 18.2 Å². The van der Waals surface area contributed by atoms with Gasteiger partial charge in [-0.25, -0.2) is 4.39 Å². The Bertz CT molecular complexity index is 558. The maximum Gasteiger partial charge on any atom is 0.148 e. The molecule has 0 amide bonds. The second kappa shape index (κ2) is 5.24. The van der Waals surface area contributed by atoms with Crippen LogP contribution in [0.15, 0.2) is 28.1 Å². The van der Waals surface area contributed by atoms with Gasteiger partial charge in [0, 0.05) is 14.9 Å². The zero-order valence-corrected chi connectivity index (χ0v) is 12.3. The lowest BCUT2D eigenvalue weighted by Gasteiger charge is -2.13. The van der Waals surface area contributed by atoms with E-state index in [2.05, 4.69) is 15.9 Å². The molecule has 1 aromatic carbocycles. The Hall–Kier alpha value is -0.130. The molecule has 0 bridgehead atoms. The van der Waals surface area contributed by atoms with Gasteiger partial charge >= 0.3 is 0 Å². The highest BCUT2D eigenvalue weighted by Crippen LogP contribution is 2.36. The van der Waals surface area contributed by atoms with Crippen LogP contribution < -0.4 is 5.73 Å². The first-order valence-electron chi connectivity index (χ1n) is 4.64. The normalized spacial score (nSPS) is 12.8. The van der Waals surface area contributed by atoms with Gasteiger partial charge in [0.2, 0.25) is 0 Å². The molecule has 1 atom stereocenters. The molecule has 1 aromatic heterocycles. The molecule has 2 aromatic rings. The van der Waals surface area contributed by atoms with Gasteiger partial charge in [0.1, 0.15) is 5.82 Å². The van der Waals surface area contributed by atoms with E-state index in [1.807, 2.05) is 5.38 Å². The molecule has 2 rings (SSSR count). The molecule has 0 aliphatic carbocycles. The van der Waals surface area contributed by atoms with Gasteiger partial charge in [-0.2, -0.15) is 0 Å². The highest BCUT2D eigenvalue weighted by Gasteiger charge is 2.20. The lowest BCUT2D eigenvalue weighted by molar-refractivity contribution is 0.600. The SMILES string of the molecule is NC(c1ccc(Br)c(Cl)c1F)c1sccc1Cl. The van der Waals surface area contributed by atoms with Gasteiger partial charge in [0.25, 0.3) is 0 Å². The third-order valence-electron chi connectivity index (χ3n) is 2.33. The van der Waals surface area contributed by atoms with Gasteiger partial charge in [-0.05, 0) is 33.4 Å². The van der Waals surface area contributed by atoms with Crippen molar-refractivity contribution in [1.29, 1.82) is 0 Å². The van der Waals surface area contributed by atoms with Crippen molar-refractivity contribution in [1.82, 2.24) is 0 Å². The second-order valence-electron chi connectivity index (χ2n) is 3.38.